The summed E-state index contributed by atoms with van der Waals surface area (Å²) in [6, 6.07) is 22.5. The van der Waals surface area contributed by atoms with Crippen LogP contribution in [-0.2, 0) is 0 Å². The molecule has 0 saturated heterocycles. The van der Waals surface area contributed by atoms with E-state index in [1.807, 2.05) is 36.4 Å². The van der Waals surface area contributed by atoms with E-state index in [1.54, 1.807) is 12.1 Å². The standard InChI is InChI=1S/C32H14F4O2/c33-23-5-1-3-19-29(23)25(35)13-21-17-9-7-15(11-27(17)37-31(19)21)16-8-10-18-22-14-26(36)30-20(4-2-6-24(30)34)32(22)38-28(18)12-16/h1-14H. The Morgan fingerprint density at radius 2 is 0.842 bits per heavy atom. The first kappa shape index (κ1) is 21.3. The fourth-order valence-corrected chi connectivity index (χ4v) is 5.59. The molecule has 0 aliphatic heterocycles. The lowest BCUT2D eigenvalue weighted by Crippen LogP contribution is -1.85. The van der Waals surface area contributed by atoms with E-state index in [2.05, 4.69) is 0 Å². The second-order valence-corrected chi connectivity index (χ2v) is 9.42. The summed E-state index contributed by atoms with van der Waals surface area (Å²) < 4.78 is 70.4. The first-order valence-electron chi connectivity index (χ1n) is 11.9. The highest BCUT2D eigenvalue weighted by Gasteiger charge is 2.19. The van der Waals surface area contributed by atoms with Crippen molar-refractivity contribution in [2.75, 3.05) is 0 Å². The van der Waals surface area contributed by atoms with E-state index < -0.39 is 23.3 Å². The lowest BCUT2D eigenvalue weighted by Gasteiger charge is -2.02. The van der Waals surface area contributed by atoms with Crippen molar-refractivity contribution in [1.82, 2.24) is 0 Å². The Kier molecular flexibility index (Phi) is 4.12. The average molecular weight is 506 g/mol. The smallest absolute Gasteiger partial charge is 0.143 e. The lowest BCUT2D eigenvalue weighted by molar-refractivity contribution is 0.607. The third-order valence-electron chi connectivity index (χ3n) is 7.33. The molecule has 0 atom stereocenters. The van der Waals surface area contributed by atoms with Crippen LogP contribution >= 0.6 is 0 Å². The molecule has 0 fully saturated rings. The first-order valence-corrected chi connectivity index (χ1v) is 11.9. The van der Waals surface area contributed by atoms with Crippen LogP contribution in [0.25, 0.3) is 76.5 Å². The van der Waals surface area contributed by atoms with Crippen molar-refractivity contribution in [3.63, 3.8) is 0 Å². The summed E-state index contributed by atoms with van der Waals surface area (Å²) in [7, 11) is 0. The molecule has 2 heterocycles. The minimum absolute atomic E-state index is 0.0986. The van der Waals surface area contributed by atoms with Crippen LogP contribution in [-0.4, -0.2) is 0 Å². The van der Waals surface area contributed by atoms with Crippen molar-refractivity contribution >= 4 is 65.4 Å². The van der Waals surface area contributed by atoms with E-state index in [0.29, 0.717) is 54.6 Å². The summed E-state index contributed by atoms with van der Waals surface area (Å²) in [6.07, 6.45) is 0. The molecular weight excluding hydrogens is 492 g/mol. The van der Waals surface area contributed by atoms with E-state index in [0.717, 1.165) is 11.1 Å². The minimum atomic E-state index is -0.642. The van der Waals surface area contributed by atoms with Crippen LogP contribution in [0, 0.1) is 23.3 Å². The van der Waals surface area contributed by atoms with E-state index in [4.69, 9.17) is 8.83 Å². The van der Waals surface area contributed by atoms with Gasteiger partial charge in [0.1, 0.15) is 45.6 Å². The maximum Gasteiger partial charge on any atom is 0.143 e. The van der Waals surface area contributed by atoms with Gasteiger partial charge in [-0.3, -0.25) is 0 Å². The normalized spacial score (nSPS) is 12.2. The maximum atomic E-state index is 14.8. The Bertz CT molecular complexity index is 2130. The van der Waals surface area contributed by atoms with Gasteiger partial charge in [-0.15, -0.1) is 0 Å². The van der Waals surface area contributed by atoms with Crippen LogP contribution in [0.5, 0.6) is 0 Å². The van der Waals surface area contributed by atoms with Crippen molar-refractivity contribution in [1.29, 1.82) is 0 Å². The highest BCUT2D eigenvalue weighted by atomic mass is 19.1. The summed E-state index contributed by atoms with van der Waals surface area (Å²) in [4.78, 5) is 0. The summed E-state index contributed by atoms with van der Waals surface area (Å²) >= 11 is 0. The van der Waals surface area contributed by atoms with Gasteiger partial charge in [0.2, 0.25) is 0 Å². The van der Waals surface area contributed by atoms with Crippen LogP contribution in [0.15, 0.2) is 93.8 Å². The third-order valence-corrected chi connectivity index (χ3v) is 7.33. The number of furan rings is 2. The van der Waals surface area contributed by atoms with E-state index in [9.17, 15) is 17.6 Å². The molecule has 0 aliphatic carbocycles. The van der Waals surface area contributed by atoms with Gasteiger partial charge in [0.05, 0.1) is 10.8 Å². The molecule has 6 aromatic carbocycles. The van der Waals surface area contributed by atoms with Gasteiger partial charge in [-0.05, 0) is 59.7 Å². The highest BCUT2D eigenvalue weighted by Crippen LogP contribution is 2.40. The predicted molar refractivity (Wildman–Crippen MR) is 141 cm³/mol. The van der Waals surface area contributed by atoms with Gasteiger partial charge in [-0.1, -0.05) is 36.4 Å². The zero-order valence-electron chi connectivity index (χ0n) is 19.4. The van der Waals surface area contributed by atoms with Crippen LogP contribution < -0.4 is 0 Å². The number of hydrogen-bond donors (Lipinski definition) is 0. The molecule has 8 aromatic rings. The molecule has 0 unspecified atom stereocenters. The van der Waals surface area contributed by atoms with Crippen molar-refractivity contribution in [3.05, 3.63) is 108 Å². The zero-order valence-corrected chi connectivity index (χ0v) is 19.4. The Morgan fingerprint density at radius 3 is 1.29 bits per heavy atom. The second kappa shape index (κ2) is 7.35. The maximum absolute atomic E-state index is 14.8. The van der Waals surface area contributed by atoms with Gasteiger partial charge in [0.15, 0.2) is 0 Å². The number of rotatable bonds is 1. The molecule has 2 nitrogen and oxygen atoms in total. The molecule has 0 N–H and O–H groups in total. The Balaban J connectivity index is 1.33. The zero-order chi connectivity index (χ0) is 25.7. The van der Waals surface area contributed by atoms with Gasteiger partial charge in [-0.25, -0.2) is 17.6 Å². The quantitative estimate of drug-likeness (QED) is 0.207. The van der Waals surface area contributed by atoms with E-state index in [-0.39, 0.29) is 10.8 Å². The van der Waals surface area contributed by atoms with Crippen molar-refractivity contribution in [2.24, 2.45) is 0 Å². The number of hydrogen-bond acceptors (Lipinski definition) is 2. The summed E-state index contributed by atoms with van der Waals surface area (Å²) in [5.74, 6) is -2.57. The monoisotopic (exact) mass is 506 g/mol. The van der Waals surface area contributed by atoms with Crippen molar-refractivity contribution in [2.45, 2.75) is 0 Å². The van der Waals surface area contributed by atoms with Crippen molar-refractivity contribution in [3.8, 4) is 11.1 Å². The largest absolute Gasteiger partial charge is 0.455 e. The molecule has 0 bridgehead atoms. The lowest BCUT2D eigenvalue weighted by atomic mass is 10.0. The Hall–Kier alpha value is -4.84. The molecule has 38 heavy (non-hydrogen) atoms. The summed E-state index contributed by atoms with van der Waals surface area (Å²) in [6.45, 7) is 0. The molecular formula is C32H14F4O2. The number of fused-ring (bicyclic) bond motifs is 10. The van der Waals surface area contributed by atoms with Gasteiger partial charge in [-0.2, -0.15) is 0 Å². The number of benzene rings is 6. The molecule has 8 rings (SSSR count). The van der Waals surface area contributed by atoms with E-state index >= 15 is 0 Å². The molecule has 2 aromatic heterocycles. The minimum Gasteiger partial charge on any atom is -0.455 e. The average Bonchev–Trinajstić information content (AvgIpc) is 3.46. The SMILES string of the molecule is Fc1cccc2c1c(F)cc1c3ccc(-c4ccc5c(c4)oc4c6cccc(F)c6c(F)cc54)cc3oc21. The molecule has 0 saturated carbocycles. The number of halogens is 4. The molecule has 0 radical (unpaired) electrons. The fraction of sp³-hybridized carbons (Fsp3) is 0. The molecule has 182 valence electrons. The van der Waals surface area contributed by atoms with Gasteiger partial charge >= 0.3 is 0 Å². The Labute approximate surface area is 211 Å². The predicted octanol–water partition coefficient (Wildman–Crippen LogP) is 10.0. The third kappa shape index (κ3) is 2.77. The van der Waals surface area contributed by atoms with Crippen LogP contribution in [0.3, 0.4) is 0 Å². The van der Waals surface area contributed by atoms with Crippen LogP contribution in [0.1, 0.15) is 0 Å². The highest BCUT2D eigenvalue weighted by molar-refractivity contribution is 6.17. The van der Waals surface area contributed by atoms with Crippen LogP contribution in [0.4, 0.5) is 17.6 Å². The second-order valence-electron chi connectivity index (χ2n) is 9.42. The molecule has 0 aliphatic rings. The summed E-state index contributed by atoms with van der Waals surface area (Å²) in [5, 5.41) is 3.10. The fourth-order valence-electron chi connectivity index (χ4n) is 5.59. The van der Waals surface area contributed by atoms with Gasteiger partial charge in [0, 0.05) is 32.3 Å². The van der Waals surface area contributed by atoms with Crippen LogP contribution in [0.2, 0.25) is 0 Å². The Morgan fingerprint density at radius 1 is 0.395 bits per heavy atom. The molecule has 0 spiro atoms. The summed E-state index contributed by atoms with van der Waals surface area (Å²) in [5.41, 5.74) is 3.53. The topological polar surface area (TPSA) is 26.3 Å². The van der Waals surface area contributed by atoms with Crippen molar-refractivity contribution < 1.29 is 26.4 Å². The molecule has 0 amide bonds. The van der Waals surface area contributed by atoms with E-state index in [1.165, 1.54) is 36.4 Å². The molecule has 6 heteroatoms. The first-order chi connectivity index (χ1) is 18.5. The van der Waals surface area contributed by atoms with Gasteiger partial charge in [0.25, 0.3) is 0 Å². The van der Waals surface area contributed by atoms with Gasteiger partial charge < -0.3 is 8.83 Å².